The molecule has 0 radical (unpaired) electrons. The predicted octanol–water partition coefficient (Wildman–Crippen LogP) is 2.20. The minimum absolute atomic E-state index is 0.149. The Morgan fingerprint density at radius 2 is 2.00 bits per heavy atom. The summed E-state index contributed by atoms with van der Waals surface area (Å²) in [6.45, 7) is -0.330. The van der Waals surface area contributed by atoms with Crippen LogP contribution in [-0.4, -0.2) is 37.9 Å². The Hall–Kier alpha value is -2.57. The molecule has 0 bridgehead atoms. The van der Waals surface area contributed by atoms with Gasteiger partial charge in [0.15, 0.2) is 6.61 Å². The van der Waals surface area contributed by atoms with E-state index in [2.05, 4.69) is 15.8 Å². The van der Waals surface area contributed by atoms with Crippen molar-refractivity contribution in [2.24, 2.45) is 5.16 Å². The molecule has 7 heteroatoms. The van der Waals surface area contributed by atoms with Crippen molar-refractivity contribution < 1.29 is 19.2 Å². The molecule has 0 aromatic heterocycles. The van der Waals surface area contributed by atoms with Crippen LogP contribution >= 0.6 is 0 Å². The maximum atomic E-state index is 11.7. The number of nitrogens with one attached hydrogen (secondary N) is 2. The highest BCUT2D eigenvalue weighted by molar-refractivity contribution is 5.95. The number of carbonyl (C=O) groups excluding carboxylic acids is 2. The lowest BCUT2D eigenvalue weighted by Crippen LogP contribution is -2.46. The summed E-state index contributed by atoms with van der Waals surface area (Å²) in [5.74, 6) is 0.113. The van der Waals surface area contributed by atoms with Crippen molar-refractivity contribution in [1.29, 1.82) is 0 Å². The van der Waals surface area contributed by atoms with Crippen LogP contribution in [0.25, 0.3) is 0 Å². The molecule has 1 aromatic rings. The van der Waals surface area contributed by atoms with Crippen molar-refractivity contribution >= 4 is 18.2 Å². The SMILES string of the molecule is COc1ccccc1/C=N\OCC(=O)NC(=O)NC1CCCCC1. The number of carbonyl (C=O) groups is 2. The van der Waals surface area contributed by atoms with Gasteiger partial charge in [-0.1, -0.05) is 36.6 Å². The lowest BCUT2D eigenvalue weighted by atomic mass is 9.96. The minimum Gasteiger partial charge on any atom is -0.496 e. The largest absolute Gasteiger partial charge is 0.496 e. The first kappa shape index (κ1) is 17.8. The van der Waals surface area contributed by atoms with Crippen LogP contribution in [-0.2, 0) is 9.63 Å². The molecule has 1 aliphatic rings. The summed E-state index contributed by atoms with van der Waals surface area (Å²) < 4.78 is 5.17. The first-order chi connectivity index (χ1) is 11.7. The van der Waals surface area contributed by atoms with Gasteiger partial charge in [-0.15, -0.1) is 0 Å². The van der Waals surface area contributed by atoms with E-state index in [1.165, 1.54) is 12.6 Å². The normalized spacial score (nSPS) is 15.0. The van der Waals surface area contributed by atoms with Crippen LogP contribution in [0.1, 0.15) is 37.7 Å². The molecule has 1 fully saturated rings. The lowest BCUT2D eigenvalue weighted by molar-refractivity contribution is -0.124. The van der Waals surface area contributed by atoms with E-state index in [1.807, 2.05) is 18.2 Å². The van der Waals surface area contributed by atoms with Crippen LogP contribution in [0.5, 0.6) is 5.75 Å². The number of benzene rings is 1. The Labute approximate surface area is 141 Å². The van der Waals surface area contributed by atoms with E-state index >= 15 is 0 Å². The number of hydrogen-bond donors (Lipinski definition) is 2. The highest BCUT2D eigenvalue weighted by Crippen LogP contribution is 2.17. The van der Waals surface area contributed by atoms with Crippen LogP contribution in [0, 0.1) is 0 Å². The molecule has 24 heavy (non-hydrogen) atoms. The molecule has 0 saturated heterocycles. The Morgan fingerprint density at radius 1 is 1.25 bits per heavy atom. The van der Waals surface area contributed by atoms with Crippen LogP contribution in [0.15, 0.2) is 29.4 Å². The summed E-state index contributed by atoms with van der Waals surface area (Å²) in [6, 6.07) is 6.95. The number of rotatable bonds is 6. The fourth-order valence-electron chi connectivity index (χ4n) is 2.59. The highest BCUT2D eigenvalue weighted by atomic mass is 16.6. The summed E-state index contributed by atoms with van der Waals surface area (Å²) in [4.78, 5) is 28.3. The number of urea groups is 1. The molecule has 130 valence electrons. The fourth-order valence-corrected chi connectivity index (χ4v) is 2.59. The molecule has 1 aromatic carbocycles. The summed E-state index contributed by atoms with van der Waals surface area (Å²) in [5.41, 5.74) is 0.732. The van der Waals surface area contributed by atoms with E-state index in [9.17, 15) is 9.59 Å². The van der Waals surface area contributed by atoms with Gasteiger partial charge in [0.1, 0.15) is 5.75 Å². The zero-order valence-corrected chi connectivity index (χ0v) is 13.8. The third-order valence-electron chi connectivity index (χ3n) is 3.79. The van der Waals surface area contributed by atoms with E-state index in [0.717, 1.165) is 31.2 Å². The van der Waals surface area contributed by atoms with E-state index < -0.39 is 11.9 Å². The minimum atomic E-state index is -0.541. The number of imide groups is 1. The smallest absolute Gasteiger partial charge is 0.321 e. The van der Waals surface area contributed by atoms with Gasteiger partial charge in [-0.3, -0.25) is 10.1 Å². The van der Waals surface area contributed by atoms with E-state index in [1.54, 1.807) is 13.2 Å². The van der Waals surface area contributed by atoms with Crippen molar-refractivity contribution in [3.63, 3.8) is 0 Å². The van der Waals surface area contributed by atoms with Crippen LogP contribution < -0.4 is 15.4 Å². The van der Waals surface area contributed by atoms with Gasteiger partial charge in [0, 0.05) is 11.6 Å². The van der Waals surface area contributed by atoms with Gasteiger partial charge >= 0.3 is 6.03 Å². The van der Waals surface area contributed by atoms with Gasteiger partial charge in [0.25, 0.3) is 5.91 Å². The summed E-state index contributed by atoms with van der Waals surface area (Å²) in [6.07, 6.45) is 6.80. The molecule has 0 spiro atoms. The monoisotopic (exact) mass is 333 g/mol. The van der Waals surface area contributed by atoms with Crippen molar-refractivity contribution in [3.8, 4) is 5.75 Å². The van der Waals surface area contributed by atoms with Gasteiger partial charge in [-0.2, -0.15) is 0 Å². The quantitative estimate of drug-likeness (QED) is 0.617. The number of nitrogens with zero attached hydrogens (tertiary/aromatic N) is 1. The number of ether oxygens (including phenoxy) is 1. The third-order valence-corrected chi connectivity index (χ3v) is 3.79. The Balaban J connectivity index is 1.69. The third kappa shape index (κ3) is 5.91. The van der Waals surface area contributed by atoms with Crippen molar-refractivity contribution in [2.75, 3.05) is 13.7 Å². The summed E-state index contributed by atoms with van der Waals surface area (Å²) >= 11 is 0. The summed E-state index contributed by atoms with van der Waals surface area (Å²) in [7, 11) is 1.56. The number of oxime groups is 1. The zero-order valence-electron chi connectivity index (χ0n) is 13.8. The van der Waals surface area contributed by atoms with Gasteiger partial charge in [0.2, 0.25) is 0 Å². The van der Waals surface area contributed by atoms with E-state index in [4.69, 9.17) is 9.57 Å². The number of methoxy groups -OCH3 is 1. The second-order valence-electron chi connectivity index (χ2n) is 5.61. The topological polar surface area (TPSA) is 89.0 Å². The first-order valence-electron chi connectivity index (χ1n) is 8.07. The molecular formula is C17H23N3O4. The molecule has 3 amide bonds. The highest BCUT2D eigenvalue weighted by Gasteiger charge is 2.16. The Morgan fingerprint density at radius 3 is 2.75 bits per heavy atom. The second-order valence-corrected chi connectivity index (χ2v) is 5.61. The number of amides is 3. The van der Waals surface area contributed by atoms with Crippen LogP contribution in [0.4, 0.5) is 4.79 Å². The molecule has 1 aliphatic carbocycles. The average molecular weight is 333 g/mol. The number of hydrogen-bond acceptors (Lipinski definition) is 5. The fraction of sp³-hybridized carbons (Fsp3) is 0.471. The molecule has 0 aliphatic heterocycles. The van der Waals surface area contributed by atoms with E-state index in [0.29, 0.717) is 5.75 Å². The maximum Gasteiger partial charge on any atom is 0.321 e. The predicted molar refractivity (Wildman–Crippen MR) is 90.1 cm³/mol. The molecular weight excluding hydrogens is 310 g/mol. The molecule has 0 unspecified atom stereocenters. The van der Waals surface area contributed by atoms with Gasteiger partial charge < -0.3 is 14.9 Å². The van der Waals surface area contributed by atoms with Crippen molar-refractivity contribution in [3.05, 3.63) is 29.8 Å². The van der Waals surface area contributed by atoms with Crippen LogP contribution in [0.2, 0.25) is 0 Å². The zero-order chi connectivity index (χ0) is 17.2. The van der Waals surface area contributed by atoms with E-state index in [-0.39, 0.29) is 12.6 Å². The Bertz CT molecular complexity index is 583. The van der Waals surface area contributed by atoms with Crippen LogP contribution in [0.3, 0.4) is 0 Å². The average Bonchev–Trinajstić information content (AvgIpc) is 2.59. The van der Waals surface area contributed by atoms with Gasteiger partial charge in [-0.05, 0) is 25.0 Å². The van der Waals surface area contributed by atoms with Crippen molar-refractivity contribution in [1.82, 2.24) is 10.6 Å². The standard InChI is InChI=1S/C17H23N3O4/c1-23-15-10-6-5-7-13(15)11-18-24-12-16(21)20-17(22)19-14-8-3-2-4-9-14/h5-7,10-11,14H,2-4,8-9,12H2,1H3,(H2,19,20,21,22)/b18-11-. The first-order valence-corrected chi connectivity index (χ1v) is 8.07. The molecule has 0 heterocycles. The molecule has 1 saturated carbocycles. The summed E-state index contributed by atoms with van der Waals surface area (Å²) in [5, 5.41) is 8.75. The van der Waals surface area contributed by atoms with Gasteiger partial charge in [-0.25, -0.2) is 4.79 Å². The molecule has 0 atom stereocenters. The lowest BCUT2D eigenvalue weighted by Gasteiger charge is -2.22. The molecule has 2 rings (SSSR count). The second kappa shape index (κ2) is 9.54. The van der Waals surface area contributed by atoms with Crippen molar-refractivity contribution in [2.45, 2.75) is 38.1 Å². The maximum absolute atomic E-state index is 11.7. The molecule has 7 nitrogen and oxygen atoms in total. The number of para-hydroxylation sites is 1. The molecule has 2 N–H and O–H groups in total. The Kier molecular flexibility index (Phi) is 7.07. The van der Waals surface area contributed by atoms with Gasteiger partial charge in [0.05, 0.1) is 13.3 Å².